The normalized spacial score (nSPS) is 20.0. The van der Waals surface area contributed by atoms with Crippen LogP contribution in [0.3, 0.4) is 0 Å². The summed E-state index contributed by atoms with van der Waals surface area (Å²) in [6.07, 6.45) is 2.03. The Labute approximate surface area is 180 Å². The maximum atomic E-state index is 12.7. The summed E-state index contributed by atoms with van der Waals surface area (Å²) in [5, 5.41) is 7.15. The minimum Gasteiger partial charge on any atom is -0.376 e. The van der Waals surface area contributed by atoms with Gasteiger partial charge in [0.2, 0.25) is 5.91 Å². The van der Waals surface area contributed by atoms with Crippen LogP contribution in [-0.2, 0) is 22.6 Å². The van der Waals surface area contributed by atoms with E-state index in [4.69, 9.17) is 4.74 Å². The van der Waals surface area contributed by atoms with Crippen LogP contribution in [0.15, 0.2) is 34.2 Å². The summed E-state index contributed by atoms with van der Waals surface area (Å²) >= 11 is 1.32. The van der Waals surface area contributed by atoms with Gasteiger partial charge in [-0.25, -0.2) is 9.89 Å². The molecule has 1 unspecified atom stereocenters. The monoisotopic (exact) mass is 431 g/mol. The van der Waals surface area contributed by atoms with Gasteiger partial charge in [-0.1, -0.05) is 41.6 Å². The predicted molar refractivity (Wildman–Crippen MR) is 116 cm³/mol. The predicted octanol–water partition coefficient (Wildman–Crippen LogP) is 1.50. The number of carbonyl (C=O) groups excluding carboxylic acids is 1. The zero-order valence-electron chi connectivity index (χ0n) is 17.4. The SMILES string of the molecule is Cc1cccc(CN2CCN(C(=O)CSc3n[nH]c(=O)n3CC3CCCO3)CC2)c1. The molecule has 30 heavy (non-hydrogen) atoms. The fourth-order valence-corrected chi connectivity index (χ4v) is 4.87. The number of hydrogen-bond donors (Lipinski definition) is 1. The van der Waals surface area contributed by atoms with Gasteiger partial charge < -0.3 is 9.64 Å². The smallest absolute Gasteiger partial charge is 0.344 e. The lowest BCUT2D eigenvalue weighted by Gasteiger charge is -2.34. The van der Waals surface area contributed by atoms with Crippen LogP contribution in [0, 0.1) is 6.92 Å². The largest absolute Gasteiger partial charge is 0.376 e. The number of ether oxygens (including phenoxy) is 1. The van der Waals surface area contributed by atoms with Gasteiger partial charge in [0.15, 0.2) is 5.16 Å². The topological polar surface area (TPSA) is 83.5 Å². The van der Waals surface area contributed by atoms with Crippen molar-refractivity contribution in [2.75, 3.05) is 38.5 Å². The third kappa shape index (κ3) is 5.33. The summed E-state index contributed by atoms with van der Waals surface area (Å²) in [5.74, 6) is 0.377. The standard InChI is InChI=1S/C21H29N5O3S/c1-16-4-2-5-17(12-16)13-24-7-9-25(10-8-24)19(27)15-30-21-23-22-20(28)26(21)14-18-6-3-11-29-18/h2,4-5,12,18H,3,6-11,13-15H2,1H3,(H,22,28). The number of piperazine rings is 1. The third-order valence-corrected chi connectivity index (χ3v) is 6.63. The molecular weight excluding hydrogens is 402 g/mol. The first-order valence-electron chi connectivity index (χ1n) is 10.5. The van der Waals surface area contributed by atoms with Crippen molar-refractivity contribution in [2.45, 2.75) is 44.1 Å². The summed E-state index contributed by atoms with van der Waals surface area (Å²) in [5.41, 5.74) is 2.34. The van der Waals surface area contributed by atoms with Gasteiger partial charge in [-0.05, 0) is 25.3 Å². The molecule has 1 atom stereocenters. The molecule has 4 rings (SSSR count). The molecule has 1 aromatic heterocycles. The number of nitrogens with one attached hydrogen (secondary N) is 1. The number of rotatable bonds is 7. The highest BCUT2D eigenvalue weighted by Crippen LogP contribution is 2.19. The Balaban J connectivity index is 1.25. The van der Waals surface area contributed by atoms with E-state index >= 15 is 0 Å². The zero-order valence-corrected chi connectivity index (χ0v) is 18.2. The second-order valence-corrected chi connectivity index (χ2v) is 8.93. The van der Waals surface area contributed by atoms with Gasteiger partial charge >= 0.3 is 5.69 Å². The van der Waals surface area contributed by atoms with E-state index in [2.05, 4.69) is 46.3 Å². The van der Waals surface area contributed by atoms with E-state index in [1.165, 1.54) is 22.9 Å². The van der Waals surface area contributed by atoms with E-state index in [9.17, 15) is 9.59 Å². The molecule has 0 spiro atoms. The number of benzene rings is 1. The first-order valence-corrected chi connectivity index (χ1v) is 11.5. The molecule has 0 saturated carbocycles. The molecule has 8 nitrogen and oxygen atoms in total. The van der Waals surface area contributed by atoms with E-state index < -0.39 is 0 Å². The lowest BCUT2D eigenvalue weighted by Crippen LogP contribution is -2.48. The van der Waals surface area contributed by atoms with E-state index in [1.54, 1.807) is 4.57 Å². The van der Waals surface area contributed by atoms with Crippen LogP contribution in [0.5, 0.6) is 0 Å². The average molecular weight is 432 g/mol. The van der Waals surface area contributed by atoms with Crippen LogP contribution >= 0.6 is 11.8 Å². The highest BCUT2D eigenvalue weighted by molar-refractivity contribution is 7.99. The van der Waals surface area contributed by atoms with E-state index in [0.29, 0.717) is 11.7 Å². The number of hydrogen-bond acceptors (Lipinski definition) is 6. The number of amides is 1. The number of aryl methyl sites for hydroxylation is 1. The van der Waals surface area contributed by atoms with Crippen LogP contribution in [0.4, 0.5) is 0 Å². The van der Waals surface area contributed by atoms with Crippen molar-refractivity contribution in [3.05, 3.63) is 45.9 Å². The van der Waals surface area contributed by atoms with Gasteiger partial charge in [0.1, 0.15) is 0 Å². The number of thioether (sulfide) groups is 1. The molecule has 2 saturated heterocycles. The Morgan fingerprint density at radius 2 is 2.13 bits per heavy atom. The molecule has 2 aromatic rings. The van der Waals surface area contributed by atoms with Crippen molar-refractivity contribution in [2.24, 2.45) is 0 Å². The molecule has 2 aliphatic rings. The van der Waals surface area contributed by atoms with Crippen LogP contribution in [-0.4, -0.2) is 75.1 Å². The first-order chi connectivity index (χ1) is 14.6. The zero-order chi connectivity index (χ0) is 20.9. The lowest BCUT2D eigenvalue weighted by atomic mass is 10.1. The van der Waals surface area contributed by atoms with Gasteiger partial charge in [-0.2, -0.15) is 0 Å². The molecule has 162 valence electrons. The molecule has 2 aliphatic heterocycles. The van der Waals surface area contributed by atoms with Crippen LogP contribution in [0.25, 0.3) is 0 Å². The second-order valence-electron chi connectivity index (χ2n) is 7.99. The summed E-state index contributed by atoms with van der Waals surface area (Å²) in [7, 11) is 0. The van der Waals surface area contributed by atoms with Crippen LogP contribution < -0.4 is 5.69 Å². The third-order valence-electron chi connectivity index (χ3n) is 5.67. The highest BCUT2D eigenvalue weighted by Gasteiger charge is 2.23. The molecule has 3 heterocycles. The quantitative estimate of drug-likeness (QED) is 0.669. The minimum atomic E-state index is -0.245. The van der Waals surface area contributed by atoms with Gasteiger partial charge in [0.25, 0.3) is 0 Å². The molecule has 0 radical (unpaired) electrons. The Morgan fingerprint density at radius 1 is 1.30 bits per heavy atom. The maximum absolute atomic E-state index is 12.7. The molecule has 0 bridgehead atoms. The van der Waals surface area contributed by atoms with E-state index in [1.807, 2.05) is 4.90 Å². The summed E-state index contributed by atoms with van der Waals surface area (Å²) < 4.78 is 7.22. The Kier molecular flexibility index (Phi) is 6.91. The number of H-pyrrole nitrogens is 1. The molecule has 2 fully saturated rings. The lowest BCUT2D eigenvalue weighted by molar-refractivity contribution is -0.130. The summed E-state index contributed by atoms with van der Waals surface area (Å²) in [6, 6.07) is 8.57. The Morgan fingerprint density at radius 3 is 2.87 bits per heavy atom. The summed E-state index contributed by atoms with van der Waals surface area (Å²) in [6.45, 7) is 7.46. The van der Waals surface area contributed by atoms with Crippen LogP contribution in [0.1, 0.15) is 24.0 Å². The maximum Gasteiger partial charge on any atom is 0.344 e. The molecule has 1 N–H and O–H groups in total. The van der Waals surface area contributed by atoms with Gasteiger partial charge in [-0.3, -0.25) is 14.3 Å². The van der Waals surface area contributed by atoms with E-state index in [-0.39, 0.29) is 23.5 Å². The van der Waals surface area contributed by atoms with Gasteiger partial charge in [0, 0.05) is 39.3 Å². The fraction of sp³-hybridized carbons (Fsp3) is 0.571. The van der Waals surface area contributed by atoms with Crippen molar-refractivity contribution in [3.8, 4) is 0 Å². The molecule has 0 aliphatic carbocycles. The number of carbonyl (C=O) groups is 1. The molecule has 9 heteroatoms. The fourth-order valence-electron chi connectivity index (χ4n) is 4.01. The van der Waals surface area contributed by atoms with Crippen molar-refractivity contribution in [1.82, 2.24) is 24.6 Å². The number of aromatic amines is 1. The average Bonchev–Trinajstić information content (AvgIpc) is 3.38. The molecule has 1 amide bonds. The summed E-state index contributed by atoms with van der Waals surface area (Å²) in [4.78, 5) is 29.0. The Bertz CT molecular complexity index is 913. The van der Waals surface area contributed by atoms with Crippen LogP contribution in [0.2, 0.25) is 0 Å². The van der Waals surface area contributed by atoms with Crippen molar-refractivity contribution in [3.63, 3.8) is 0 Å². The number of aromatic nitrogens is 3. The second kappa shape index (κ2) is 9.80. The van der Waals surface area contributed by atoms with Gasteiger partial charge in [0.05, 0.1) is 18.4 Å². The highest BCUT2D eigenvalue weighted by atomic mass is 32.2. The van der Waals surface area contributed by atoms with Crippen molar-refractivity contribution < 1.29 is 9.53 Å². The van der Waals surface area contributed by atoms with Crippen molar-refractivity contribution >= 4 is 17.7 Å². The molecular formula is C21H29N5O3S. The van der Waals surface area contributed by atoms with Crippen molar-refractivity contribution in [1.29, 1.82) is 0 Å². The Hall–Kier alpha value is -2.10. The first kappa shape index (κ1) is 21.1. The minimum absolute atomic E-state index is 0.0526. The number of nitrogens with zero attached hydrogens (tertiary/aromatic N) is 4. The van der Waals surface area contributed by atoms with Gasteiger partial charge in [-0.15, -0.1) is 5.10 Å². The van der Waals surface area contributed by atoms with E-state index in [0.717, 1.165) is 52.2 Å². The molecule has 1 aromatic carbocycles.